The molecular weight excluding hydrogens is 930 g/mol. The molecule has 0 aromatic heterocycles. The van der Waals surface area contributed by atoms with Gasteiger partial charge in [0.15, 0.2) is 0 Å². The fraction of sp³-hybridized carbons (Fsp3) is 0.479. The fourth-order valence-electron chi connectivity index (χ4n) is 15.6. The zero-order chi connectivity index (χ0) is 55.3. The minimum absolute atomic E-state index is 0.0179. The summed E-state index contributed by atoms with van der Waals surface area (Å²) in [5.74, 6) is 0. The summed E-state index contributed by atoms with van der Waals surface area (Å²) >= 11 is 0. The Bertz CT molecular complexity index is 3390. The first-order valence-corrected chi connectivity index (χ1v) is 29.7. The van der Waals surface area contributed by atoms with Gasteiger partial charge < -0.3 is 14.7 Å². The Labute approximate surface area is 466 Å². The highest BCUT2D eigenvalue weighted by molar-refractivity contribution is 6.96. The van der Waals surface area contributed by atoms with E-state index in [0.717, 1.165) is 6.42 Å². The maximum atomic E-state index is 2.96. The summed E-state index contributed by atoms with van der Waals surface area (Å²) in [5, 5.41) is 0. The van der Waals surface area contributed by atoms with E-state index in [9.17, 15) is 0 Å². The first kappa shape index (κ1) is 52.2. The molecule has 0 amide bonds. The average molecular weight is 1020 g/mol. The Hall–Kier alpha value is -5.48. The number of hydrogen-bond donors (Lipinski definition) is 0. The molecule has 3 heterocycles. The molecule has 6 aromatic carbocycles. The summed E-state index contributed by atoms with van der Waals surface area (Å²) in [6, 6.07) is 44.9. The van der Waals surface area contributed by atoms with E-state index in [0.29, 0.717) is 0 Å². The van der Waals surface area contributed by atoms with Crippen LogP contribution in [0.15, 0.2) is 115 Å². The molecule has 0 bridgehead atoms. The van der Waals surface area contributed by atoms with Gasteiger partial charge in [0, 0.05) is 56.2 Å². The maximum absolute atomic E-state index is 2.96. The highest BCUT2D eigenvalue weighted by Gasteiger charge is 2.63. The highest BCUT2D eigenvalue weighted by Crippen LogP contribution is 2.65. The van der Waals surface area contributed by atoms with Gasteiger partial charge in [-0.05, 0) is 175 Å². The van der Waals surface area contributed by atoms with Crippen LogP contribution in [-0.4, -0.2) is 12.3 Å². The molecule has 0 saturated heterocycles. The standard InChI is InChI=1S/C73H90BN3/c1-65(2,3)45-23-29-49(30-24-45)75(50-31-25-46(26-32-50)66(4,5)6)52-41-59-61-60(42-52)77-63-57(72(19)35-21-22-36-73(72,77)20)39-48(68(10,11)12)40-58(63)74(61)64-62(76(59)51-33-27-47(28-34-51)67(7,8)9)53-43-55-56(44-54(53)71(64,17)18)70(15,16)38-37-69(55,13)14/h23-34,39-44H,21-22,35-38H2,1-20H3. The van der Waals surface area contributed by atoms with Crippen molar-refractivity contribution in [3.8, 4) is 0 Å². The van der Waals surface area contributed by atoms with Gasteiger partial charge in [0.05, 0.1) is 11.2 Å². The molecule has 1 saturated carbocycles. The first-order valence-electron chi connectivity index (χ1n) is 29.7. The van der Waals surface area contributed by atoms with Crippen molar-refractivity contribution < 1.29 is 0 Å². The highest BCUT2D eigenvalue weighted by atomic mass is 15.3. The number of anilines is 7. The van der Waals surface area contributed by atoms with Crippen LogP contribution in [0.5, 0.6) is 0 Å². The topological polar surface area (TPSA) is 9.72 Å². The number of benzene rings is 6. The van der Waals surface area contributed by atoms with E-state index < -0.39 is 0 Å². The molecule has 12 rings (SSSR count). The lowest BCUT2D eigenvalue weighted by Gasteiger charge is -2.53. The molecule has 6 aliphatic rings. The number of nitrogens with zero attached hydrogens (tertiary/aromatic N) is 3. The molecule has 0 N–H and O–H groups in total. The minimum atomic E-state index is -0.277. The molecule has 2 atom stereocenters. The third-order valence-electron chi connectivity index (χ3n) is 20.9. The van der Waals surface area contributed by atoms with Gasteiger partial charge in [0.25, 0.3) is 0 Å². The number of allylic oxidation sites excluding steroid dienone is 1. The van der Waals surface area contributed by atoms with Gasteiger partial charge in [0.2, 0.25) is 6.71 Å². The van der Waals surface area contributed by atoms with Gasteiger partial charge in [0.1, 0.15) is 0 Å². The maximum Gasteiger partial charge on any atom is 0.248 e. The van der Waals surface area contributed by atoms with E-state index >= 15 is 0 Å². The van der Waals surface area contributed by atoms with Crippen LogP contribution in [0.2, 0.25) is 0 Å². The first-order chi connectivity index (χ1) is 35.7. The SMILES string of the molecule is CC(C)(C)c1ccc(N2C3=C(B4c5cc(C(C)(C)C)cc6c5N(c5cc(N(c7ccc(C(C)(C)C)cc7)c7ccc(C(C)(C)C)cc7)cc2c54)C2(C)CCCCC62C)C(C)(C)c2cc4c(cc23)C(C)(C)CCC4(C)C)cc1. The zero-order valence-corrected chi connectivity index (χ0v) is 51.1. The summed E-state index contributed by atoms with van der Waals surface area (Å²) in [6.45, 7) is 48.9. The Balaban J connectivity index is 1.24. The van der Waals surface area contributed by atoms with Gasteiger partial charge >= 0.3 is 0 Å². The van der Waals surface area contributed by atoms with Gasteiger partial charge in [-0.1, -0.05) is 204 Å². The van der Waals surface area contributed by atoms with Crippen molar-refractivity contribution in [1.29, 1.82) is 0 Å². The smallest absolute Gasteiger partial charge is 0.248 e. The second-order valence-electron chi connectivity index (χ2n) is 31.4. The summed E-state index contributed by atoms with van der Waals surface area (Å²) in [4.78, 5) is 8.32. The molecule has 1 fully saturated rings. The Morgan fingerprint density at radius 3 is 1.45 bits per heavy atom. The van der Waals surface area contributed by atoms with Crippen molar-refractivity contribution in [3.63, 3.8) is 0 Å². The van der Waals surface area contributed by atoms with Crippen LogP contribution in [0.25, 0.3) is 5.70 Å². The van der Waals surface area contributed by atoms with Crippen LogP contribution in [0.3, 0.4) is 0 Å². The summed E-state index contributed by atoms with van der Waals surface area (Å²) in [5.41, 5.74) is 27.6. The van der Waals surface area contributed by atoms with Crippen molar-refractivity contribution in [1.82, 2.24) is 0 Å². The molecule has 77 heavy (non-hydrogen) atoms. The van der Waals surface area contributed by atoms with Crippen LogP contribution in [0, 0.1) is 0 Å². The molecule has 3 aliphatic heterocycles. The third kappa shape index (κ3) is 7.54. The van der Waals surface area contributed by atoms with Crippen molar-refractivity contribution in [2.45, 2.75) is 226 Å². The molecule has 0 spiro atoms. The van der Waals surface area contributed by atoms with Crippen molar-refractivity contribution >= 4 is 63.1 Å². The van der Waals surface area contributed by atoms with E-state index in [4.69, 9.17) is 0 Å². The second kappa shape index (κ2) is 16.3. The van der Waals surface area contributed by atoms with Gasteiger partial charge in [-0.2, -0.15) is 0 Å². The fourth-order valence-corrected chi connectivity index (χ4v) is 15.6. The van der Waals surface area contributed by atoms with Gasteiger partial charge in [-0.15, -0.1) is 0 Å². The van der Waals surface area contributed by atoms with E-state index in [1.165, 1.54) is 127 Å². The van der Waals surface area contributed by atoms with Crippen LogP contribution in [0.4, 0.5) is 39.8 Å². The molecule has 0 radical (unpaired) electrons. The predicted molar refractivity (Wildman–Crippen MR) is 334 cm³/mol. The Kier molecular flexibility index (Phi) is 11.1. The van der Waals surface area contributed by atoms with Crippen molar-refractivity contribution in [2.24, 2.45) is 0 Å². The Morgan fingerprint density at radius 2 is 0.935 bits per heavy atom. The quantitative estimate of drug-likeness (QED) is 0.163. The van der Waals surface area contributed by atoms with Gasteiger partial charge in [-0.25, -0.2) is 0 Å². The summed E-state index contributed by atoms with van der Waals surface area (Å²) < 4.78 is 0. The number of rotatable bonds is 4. The largest absolute Gasteiger partial charge is 0.335 e. The molecule has 3 aliphatic carbocycles. The summed E-state index contributed by atoms with van der Waals surface area (Å²) in [6.07, 6.45) is 7.20. The molecule has 3 nitrogen and oxygen atoms in total. The van der Waals surface area contributed by atoms with E-state index in [2.05, 4.69) is 262 Å². The van der Waals surface area contributed by atoms with Crippen molar-refractivity contribution in [3.05, 3.63) is 165 Å². The van der Waals surface area contributed by atoms with E-state index in [1.807, 2.05) is 0 Å². The minimum Gasteiger partial charge on any atom is -0.335 e. The summed E-state index contributed by atoms with van der Waals surface area (Å²) in [7, 11) is 0. The van der Waals surface area contributed by atoms with Gasteiger partial charge in [-0.3, -0.25) is 0 Å². The molecule has 6 aromatic rings. The van der Waals surface area contributed by atoms with Crippen LogP contribution in [-0.2, 0) is 43.3 Å². The molecular formula is C73H90BN3. The number of hydrogen-bond acceptors (Lipinski definition) is 3. The van der Waals surface area contributed by atoms with Crippen LogP contribution in [0.1, 0.15) is 227 Å². The lowest BCUT2D eigenvalue weighted by molar-refractivity contribution is 0.195. The normalized spacial score (nSPS) is 22.5. The average Bonchev–Trinajstić information content (AvgIpc) is 3.59. The van der Waals surface area contributed by atoms with E-state index in [-0.39, 0.29) is 55.6 Å². The Morgan fingerprint density at radius 1 is 0.455 bits per heavy atom. The predicted octanol–water partition coefficient (Wildman–Crippen LogP) is 18.8. The van der Waals surface area contributed by atoms with Crippen LogP contribution < -0.4 is 25.6 Å². The lowest BCUT2D eigenvalue weighted by atomic mass is 9.30. The monoisotopic (exact) mass is 1020 g/mol. The van der Waals surface area contributed by atoms with Crippen molar-refractivity contribution in [2.75, 3.05) is 14.7 Å². The molecule has 2 unspecified atom stereocenters. The zero-order valence-electron chi connectivity index (χ0n) is 51.1. The molecule has 4 heteroatoms. The van der Waals surface area contributed by atoms with Crippen LogP contribution >= 0.6 is 0 Å². The van der Waals surface area contributed by atoms with E-state index in [1.54, 1.807) is 16.6 Å². The number of fused-ring (bicyclic) bond motifs is 9. The third-order valence-corrected chi connectivity index (χ3v) is 20.9. The lowest BCUT2D eigenvalue weighted by Crippen LogP contribution is -2.62. The second-order valence-corrected chi connectivity index (χ2v) is 31.4. The molecule has 400 valence electrons.